The SMILES string of the molecule is C.C.CCn1c(C)c(C#N)c2ccc(OC)cc21.CCn1c(CBr)c(C#N)c2ccc(OC)cc21.CCn1c(COc2ccccc2)c(C#N)c2ccc(OC)cc21.COC(=O)c1cc2ccc(OC)cc2[nH]1.COc1ccc2c(C#N)c(C)[nH]c2c1.COc1ccc2cc(C)[nH]c2c1.O=C=NS(=O)(=O)Cl.Oc1ccccc1.[H-].[H-].[Na+].[Na+]. The molecule has 0 aliphatic heterocycles. The molecule has 0 radical (unpaired) electrons. The first-order valence-electron chi connectivity index (χ1n) is 34.2. The number of nitrogens with zero attached hydrogens (tertiary/aromatic N) is 8. The number of hydrogen-bond donors (Lipinski definition) is 4. The van der Waals surface area contributed by atoms with E-state index in [0.29, 0.717) is 34.5 Å². The van der Waals surface area contributed by atoms with Gasteiger partial charge in [0.2, 0.25) is 0 Å². The number of phenols is 1. The number of aromatic hydroxyl groups is 1. The van der Waals surface area contributed by atoms with Gasteiger partial charge in [0, 0.05) is 133 Å². The molecule has 0 fully saturated rings. The van der Waals surface area contributed by atoms with E-state index in [1.54, 1.807) is 73.0 Å². The van der Waals surface area contributed by atoms with E-state index in [9.17, 15) is 23.7 Å². The molecule has 0 spiro atoms. The number of aryl methyl sites for hydroxylation is 5. The monoisotopic (exact) mass is 1680 g/mol. The first-order chi connectivity index (χ1) is 53.5. The number of nitriles is 4. The van der Waals surface area contributed by atoms with Crippen LogP contribution in [0.4, 0.5) is 0 Å². The van der Waals surface area contributed by atoms with Crippen LogP contribution in [-0.4, -0.2) is 104 Å². The topological polar surface area (TPSA) is 332 Å². The van der Waals surface area contributed by atoms with Crippen molar-refractivity contribution in [3.05, 3.63) is 238 Å². The van der Waals surface area contributed by atoms with Gasteiger partial charge in [-0.3, -0.25) is 0 Å². The minimum Gasteiger partial charge on any atom is -1.00 e. The number of carbonyl (C=O) groups excluding carboxylic acids is 2. The van der Waals surface area contributed by atoms with Crippen molar-refractivity contribution in [2.45, 2.75) is 88.0 Å². The summed E-state index contributed by atoms with van der Waals surface area (Å²) in [5, 5.41) is 52.3. The molecule has 0 amide bonds. The molecule has 592 valence electrons. The second-order valence-electron chi connectivity index (χ2n) is 23.7. The first-order valence-corrected chi connectivity index (χ1v) is 37.6. The smallest absolute Gasteiger partial charge is 1.00 e. The molecule has 8 aromatic carbocycles. The van der Waals surface area contributed by atoms with Crippen molar-refractivity contribution in [2.24, 2.45) is 4.40 Å². The number of carbonyl (C=O) groups is 1. The number of ether oxygens (including phenoxy) is 8. The molecule has 4 N–H and O–H groups in total. The van der Waals surface area contributed by atoms with Gasteiger partial charge in [0.1, 0.15) is 82.6 Å². The molecule has 0 unspecified atom stereocenters. The maximum absolute atomic E-state index is 11.3. The van der Waals surface area contributed by atoms with Gasteiger partial charge < -0.3 is 74.5 Å². The molecular formula is C86H93BrClN11Na2O13S. The number of H-pyrrole nitrogens is 3. The van der Waals surface area contributed by atoms with Crippen molar-refractivity contribution in [1.82, 2.24) is 28.7 Å². The Balaban J connectivity index is 0.000000678. The number of rotatable bonds is 15. The van der Waals surface area contributed by atoms with Crippen molar-refractivity contribution in [3.8, 4) is 70.3 Å². The average Bonchev–Trinajstić information content (AvgIpc) is 1.63. The Hall–Kier alpha value is -11.1. The molecular weight excluding hydrogens is 1590 g/mol. The number of isocyanates is 1. The van der Waals surface area contributed by atoms with Crippen LogP contribution >= 0.6 is 26.6 Å². The molecule has 6 aromatic heterocycles. The zero-order valence-corrected chi connectivity index (χ0v) is 72.6. The summed E-state index contributed by atoms with van der Waals surface area (Å²) in [7, 11) is 11.6. The van der Waals surface area contributed by atoms with Gasteiger partial charge in [-0.15, -0.1) is 0 Å². The summed E-state index contributed by atoms with van der Waals surface area (Å²) < 4.78 is 69.2. The second kappa shape index (κ2) is 48.2. The molecule has 115 heavy (non-hydrogen) atoms. The number of esters is 1. The fraction of sp³-hybridized carbons (Fsp3) is 0.233. The summed E-state index contributed by atoms with van der Waals surface area (Å²) in [6.07, 6.45) is 0.763. The molecule has 0 atom stereocenters. The Labute approximate surface area is 730 Å². The van der Waals surface area contributed by atoms with E-state index < -0.39 is 9.24 Å². The number of methoxy groups -OCH3 is 7. The van der Waals surface area contributed by atoms with Crippen molar-refractivity contribution in [2.75, 3.05) is 49.8 Å². The second-order valence-corrected chi connectivity index (χ2v) is 26.4. The van der Waals surface area contributed by atoms with Crippen LogP contribution in [-0.2, 0) is 50.3 Å². The van der Waals surface area contributed by atoms with Gasteiger partial charge in [-0.05, 0) is 156 Å². The number of phenolic OH excluding ortho intramolecular Hbond substituents is 1. The molecule has 14 rings (SSSR count). The number of benzene rings is 8. The Morgan fingerprint density at radius 2 is 0.887 bits per heavy atom. The van der Waals surface area contributed by atoms with Gasteiger partial charge in [-0.25, -0.2) is 9.59 Å². The zero-order valence-electron chi connectivity index (χ0n) is 67.4. The summed E-state index contributed by atoms with van der Waals surface area (Å²) in [6.45, 7) is 15.0. The largest absolute Gasteiger partial charge is 1.00 e. The molecule has 0 bridgehead atoms. The van der Waals surface area contributed by atoms with Crippen LogP contribution < -0.4 is 92.3 Å². The number of aromatic nitrogens is 6. The quantitative estimate of drug-likeness (QED) is 0.0185. The van der Waals surface area contributed by atoms with E-state index in [4.69, 9.17) is 53.6 Å². The van der Waals surface area contributed by atoms with Gasteiger partial charge >= 0.3 is 74.3 Å². The van der Waals surface area contributed by atoms with Crippen LogP contribution in [0.25, 0.3) is 65.4 Å². The van der Waals surface area contributed by atoms with Crippen LogP contribution in [0, 0.1) is 66.1 Å². The van der Waals surface area contributed by atoms with Crippen molar-refractivity contribution < 1.29 is 123 Å². The molecule has 29 heteroatoms. The zero-order chi connectivity index (χ0) is 80.9. The minimum atomic E-state index is -4.00. The van der Waals surface area contributed by atoms with Crippen molar-refractivity contribution in [3.63, 3.8) is 0 Å². The molecule has 14 aromatic rings. The maximum atomic E-state index is 11.3. The van der Waals surface area contributed by atoms with Crippen LogP contribution in [0.2, 0.25) is 0 Å². The van der Waals surface area contributed by atoms with Gasteiger partial charge in [0.05, 0.1) is 99.8 Å². The third kappa shape index (κ3) is 25.7. The molecule has 0 saturated carbocycles. The molecule has 6 heterocycles. The van der Waals surface area contributed by atoms with Crippen LogP contribution in [0.3, 0.4) is 0 Å². The standard InChI is InChI=1S/C19H18N2O2.C13H13BrN2O.C13H14N2O.C11H10N2O.C11H11NO3.C10H11NO.C6H6O.CClNO3S.2CH4.2Na.2H/c1-3-21-18-11-15(22-2)9-10-16(18)17(12-20)19(21)13-23-14-7-5-4-6-8-14;1-3-16-12-6-9(17-2)4-5-10(12)11(8-15)13(16)7-14;1-4-15-9(2)12(8-14)11-6-5-10(16-3)7-13(11)15;1-7-10(6-12)9-4-3-8(14-2)5-11(9)13-7;1-14-8-4-3-7-5-10(11(13)15-2)12-9(7)6-8;1-7-5-8-3-4-9(12-2)6-10(8)11-7;7-6-4-2-1-3-5-6;2-7(5,6)3-1-4;;;;;;/h4-11H,3,13H2,1-2H3;4-6H,3,7H2,1-2H3;5-7H,4H2,1-3H3;3-5,13H,1-2H3;3-6,12H,1-2H3;3-6,11H,1-2H3;1-5,7H;;2*1H4;;;;/q;;;;;;;;;;2*+1;2*-1. The molecule has 0 aliphatic carbocycles. The van der Waals surface area contributed by atoms with Gasteiger partial charge in [-0.2, -0.15) is 29.5 Å². The van der Waals surface area contributed by atoms with Crippen LogP contribution in [0.15, 0.2) is 186 Å². The average molecular weight is 1680 g/mol. The fourth-order valence-electron chi connectivity index (χ4n) is 12.0. The normalized spacial score (nSPS) is 9.87. The number of hydrogen-bond acceptors (Lipinski definition) is 17. The van der Waals surface area contributed by atoms with E-state index in [1.807, 2.05) is 160 Å². The number of halogens is 2. The summed E-state index contributed by atoms with van der Waals surface area (Å²) >= 11 is 3.45. The maximum Gasteiger partial charge on any atom is 1.00 e. The molecule has 0 saturated heterocycles. The van der Waals surface area contributed by atoms with Crippen molar-refractivity contribution >= 4 is 113 Å². The van der Waals surface area contributed by atoms with E-state index in [2.05, 4.69) is 122 Å². The molecule has 24 nitrogen and oxygen atoms in total. The van der Waals surface area contributed by atoms with Gasteiger partial charge in [-0.1, -0.05) is 71.6 Å². The van der Waals surface area contributed by atoms with E-state index in [-0.39, 0.29) is 82.8 Å². The Bertz CT molecular complexity index is 5900. The Morgan fingerprint density at radius 3 is 1.29 bits per heavy atom. The Morgan fingerprint density at radius 1 is 0.496 bits per heavy atom. The summed E-state index contributed by atoms with van der Waals surface area (Å²) in [5.41, 5.74) is 14.4. The first kappa shape index (κ1) is 98.1. The molecule has 0 aliphatic rings. The number of alkyl halides is 1. The third-order valence-corrected chi connectivity index (χ3v) is 18.3. The number of aromatic amines is 3. The minimum absolute atomic E-state index is 0. The number of fused-ring (bicyclic) bond motifs is 6. The fourth-order valence-corrected chi connectivity index (χ4v) is 12.7. The van der Waals surface area contributed by atoms with E-state index in [1.165, 1.54) is 18.2 Å². The predicted molar refractivity (Wildman–Crippen MR) is 452 cm³/mol. The summed E-state index contributed by atoms with van der Waals surface area (Å²) in [6, 6.07) is 65.9. The van der Waals surface area contributed by atoms with E-state index >= 15 is 0 Å². The van der Waals surface area contributed by atoms with Gasteiger partial charge in [0.25, 0.3) is 6.08 Å². The van der Waals surface area contributed by atoms with E-state index in [0.717, 1.165) is 160 Å². The Kier molecular flexibility index (Phi) is 41.1. The number of para-hydroxylation sites is 2. The predicted octanol–water partition coefficient (Wildman–Crippen LogP) is 13.9. The van der Waals surface area contributed by atoms with Crippen molar-refractivity contribution in [1.29, 1.82) is 21.0 Å². The summed E-state index contributed by atoms with van der Waals surface area (Å²) in [5.74, 6) is 5.60. The van der Waals surface area contributed by atoms with Crippen LogP contribution in [0.5, 0.6) is 46.0 Å². The summed E-state index contributed by atoms with van der Waals surface area (Å²) in [4.78, 5) is 29.7. The van der Waals surface area contributed by atoms with Gasteiger partial charge in [0.15, 0.2) is 0 Å². The van der Waals surface area contributed by atoms with Crippen LogP contribution in [0.1, 0.15) is 99.7 Å². The third-order valence-electron chi connectivity index (χ3n) is 17.2. The number of nitrogens with one attached hydrogen (secondary N) is 3.